The van der Waals surface area contributed by atoms with Gasteiger partial charge >= 0.3 is 5.97 Å². The van der Waals surface area contributed by atoms with Crippen LogP contribution in [0.3, 0.4) is 0 Å². The van der Waals surface area contributed by atoms with E-state index in [0.29, 0.717) is 0 Å². The van der Waals surface area contributed by atoms with Crippen molar-refractivity contribution in [3.8, 4) is 0 Å². The zero-order valence-corrected chi connectivity index (χ0v) is 9.25. The first-order chi connectivity index (χ1) is 7.15. The molecule has 0 aromatic carbocycles. The van der Waals surface area contributed by atoms with Crippen LogP contribution >= 0.6 is 11.6 Å². The second-order valence-electron chi connectivity index (χ2n) is 3.15. The molecule has 0 radical (unpaired) electrons. The highest BCUT2D eigenvalue weighted by molar-refractivity contribution is 6.29. The molecule has 15 heavy (non-hydrogen) atoms. The van der Waals surface area contributed by atoms with Gasteiger partial charge in [-0.25, -0.2) is 9.78 Å². The number of carbonyl (C=O) groups excluding carboxylic acids is 1. The fraction of sp³-hybridized carbons (Fsp3) is 0.400. The minimum absolute atomic E-state index is 0.224. The number of esters is 1. The highest BCUT2D eigenvalue weighted by Gasteiger charge is 2.09. The van der Waals surface area contributed by atoms with Gasteiger partial charge in [0.05, 0.1) is 12.8 Å². The van der Waals surface area contributed by atoms with Gasteiger partial charge in [-0.2, -0.15) is 0 Å². The van der Waals surface area contributed by atoms with E-state index in [1.165, 1.54) is 38.6 Å². The average Bonchev–Trinajstić information content (AvgIpc) is 3.03. The molecule has 0 atom stereocenters. The van der Waals surface area contributed by atoms with Crippen molar-refractivity contribution >= 4 is 23.3 Å². The number of rotatable bonds is 1. The van der Waals surface area contributed by atoms with Gasteiger partial charge in [0, 0.05) is 6.20 Å². The highest BCUT2D eigenvalue weighted by Crippen LogP contribution is 2.15. The molecule has 0 unspecified atom stereocenters. The number of halogens is 1. The molecule has 0 saturated heterocycles. The molecular formula is C10H13ClN2O2. The Balaban J connectivity index is 0.000000319. The Morgan fingerprint density at radius 1 is 1.53 bits per heavy atom. The van der Waals surface area contributed by atoms with E-state index in [0.717, 1.165) is 0 Å². The maximum absolute atomic E-state index is 11.0. The molecule has 0 bridgehead atoms. The van der Waals surface area contributed by atoms with Crippen LogP contribution in [-0.2, 0) is 4.74 Å². The van der Waals surface area contributed by atoms with E-state index in [9.17, 15) is 4.79 Å². The molecule has 82 valence electrons. The first-order valence-corrected chi connectivity index (χ1v) is 5.02. The van der Waals surface area contributed by atoms with Crippen LogP contribution in [0, 0.1) is 0 Å². The van der Waals surface area contributed by atoms with Crippen LogP contribution in [0.25, 0.3) is 0 Å². The Hall–Kier alpha value is -1.29. The number of methoxy groups -OCH3 is 1. The summed E-state index contributed by atoms with van der Waals surface area (Å²) in [7, 11) is 1.27. The Bertz CT molecular complexity index is 351. The van der Waals surface area contributed by atoms with Crippen LogP contribution in [0.4, 0.5) is 5.69 Å². The van der Waals surface area contributed by atoms with Crippen molar-refractivity contribution in [3.63, 3.8) is 0 Å². The third kappa shape index (κ3) is 4.16. The fourth-order valence-corrected chi connectivity index (χ4v) is 0.891. The molecule has 4 nitrogen and oxygen atoms in total. The number of nitrogens with zero attached hydrogens (tertiary/aromatic N) is 1. The summed E-state index contributed by atoms with van der Waals surface area (Å²) in [6, 6.07) is 1.40. The van der Waals surface area contributed by atoms with E-state index in [1.807, 2.05) is 0 Å². The molecule has 2 N–H and O–H groups in total. The lowest BCUT2D eigenvalue weighted by Gasteiger charge is -2.01. The number of anilines is 1. The van der Waals surface area contributed by atoms with Gasteiger partial charge in [-0.3, -0.25) is 0 Å². The van der Waals surface area contributed by atoms with Crippen molar-refractivity contribution in [2.45, 2.75) is 19.3 Å². The SMILES string of the molecule is C1CC1.COC(=O)c1cnc(Cl)cc1N. The second-order valence-corrected chi connectivity index (χ2v) is 3.53. The van der Waals surface area contributed by atoms with Crippen LogP contribution in [0.5, 0.6) is 0 Å². The van der Waals surface area contributed by atoms with Crippen molar-refractivity contribution in [1.29, 1.82) is 0 Å². The van der Waals surface area contributed by atoms with Crippen LogP contribution < -0.4 is 5.73 Å². The number of carbonyl (C=O) groups is 1. The van der Waals surface area contributed by atoms with Gasteiger partial charge in [-0.15, -0.1) is 0 Å². The summed E-state index contributed by atoms with van der Waals surface area (Å²) in [6.45, 7) is 0. The van der Waals surface area contributed by atoms with Gasteiger partial charge in [-0.05, 0) is 6.07 Å². The van der Waals surface area contributed by atoms with Crippen LogP contribution in [0.2, 0.25) is 5.15 Å². The van der Waals surface area contributed by atoms with Crippen LogP contribution in [0.1, 0.15) is 29.6 Å². The summed E-state index contributed by atoms with van der Waals surface area (Å²) < 4.78 is 4.45. The number of nitrogen functional groups attached to an aromatic ring is 1. The molecule has 1 heterocycles. The van der Waals surface area contributed by atoms with E-state index < -0.39 is 5.97 Å². The van der Waals surface area contributed by atoms with E-state index in [2.05, 4.69) is 9.72 Å². The van der Waals surface area contributed by atoms with Crippen molar-refractivity contribution in [2.24, 2.45) is 0 Å². The smallest absolute Gasteiger partial charge is 0.341 e. The normalized spacial score (nSPS) is 12.4. The average molecular weight is 229 g/mol. The molecular weight excluding hydrogens is 216 g/mol. The van der Waals surface area contributed by atoms with Crippen molar-refractivity contribution in [2.75, 3.05) is 12.8 Å². The maximum Gasteiger partial charge on any atom is 0.341 e. The molecule has 0 amide bonds. The number of aromatic nitrogens is 1. The van der Waals surface area contributed by atoms with E-state index >= 15 is 0 Å². The second kappa shape index (κ2) is 5.56. The van der Waals surface area contributed by atoms with Gasteiger partial charge < -0.3 is 10.5 Å². The van der Waals surface area contributed by atoms with Gasteiger partial charge in [0.2, 0.25) is 0 Å². The quantitative estimate of drug-likeness (QED) is 0.592. The molecule has 1 aromatic heterocycles. The Morgan fingerprint density at radius 2 is 2.13 bits per heavy atom. The van der Waals surface area contributed by atoms with E-state index in [1.54, 1.807) is 0 Å². The molecule has 1 saturated carbocycles. The number of hydrogen-bond acceptors (Lipinski definition) is 4. The van der Waals surface area contributed by atoms with Gasteiger partial charge in [0.25, 0.3) is 0 Å². The topological polar surface area (TPSA) is 65.2 Å². The molecule has 0 spiro atoms. The van der Waals surface area contributed by atoms with E-state index in [-0.39, 0.29) is 16.4 Å². The summed E-state index contributed by atoms with van der Waals surface area (Å²) >= 11 is 5.52. The van der Waals surface area contributed by atoms with Crippen LogP contribution in [0.15, 0.2) is 12.3 Å². The third-order valence-electron chi connectivity index (χ3n) is 1.66. The predicted octanol–water partition coefficient (Wildman–Crippen LogP) is 2.27. The van der Waals surface area contributed by atoms with Gasteiger partial charge in [0.1, 0.15) is 10.7 Å². The fourth-order valence-electron chi connectivity index (χ4n) is 0.725. The Labute approximate surface area is 93.4 Å². The molecule has 1 fully saturated rings. The lowest BCUT2D eigenvalue weighted by molar-refractivity contribution is 0.0601. The van der Waals surface area contributed by atoms with Crippen molar-refractivity contribution in [3.05, 3.63) is 23.0 Å². The molecule has 0 aliphatic heterocycles. The summed E-state index contributed by atoms with van der Waals surface area (Å²) in [5.41, 5.74) is 5.96. The largest absolute Gasteiger partial charge is 0.465 e. The van der Waals surface area contributed by atoms with Crippen LogP contribution in [-0.4, -0.2) is 18.1 Å². The summed E-state index contributed by atoms with van der Waals surface area (Å²) in [4.78, 5) is 14.7. The van der Waals surface area contributed by atoms with Crippen molar-refractivity contribution < 1.29 is 9.53 Å². The lowest BCUT2D eigenvalue weighted by Crippen LogP contribution is -2.05. The molecule has 5 heteroatoms. The predicted molar refractivity (Wildman–Crippen MR) is 58.8 cm³/mol. The third-order valence-corrected chi connectivity index (χ3v) is 1.87. The summed E-state index contributed by atoms with van der Waals surface area (Å²) in [6.07, 6.45) is 5.78. The molecule has 1 aromatic rings. The lowest BCUT2D eigenvalue weighted by atomic mass is 10.2. The highest BCUT2D eigenvalue weighted by atomic mass is 35.5. The number of ether oxygens (including phenoxy) is 1. The first-order valence-electron chi connectivity index (χ1n) is 4.64. The first kappa shape index (κ1) is 11.8. The zero-order valence-electron chi connectivity index (χ0n) is 8.50. The molecule has 1 aliphatic rings. The van der Waals surface area contributed by atoms with Gasteiger partial charge in [-0.1, -0.05) is 30.9 Å². The Morgan fingerprint density at radius 3 is 2.53 bits per heavy atom. The minimum atomic E-state index is -0.517. The maximum atomic E-state index is 11.0. The number of hydrogen-bond donors (Lipinski definition) is 1. The summed E-state index contributed by atoms with van der Waals surface area (Å²) in [5, 5.41) is 0.250. The number of nitrogens with two attached hydrogens (primary N) is 1. The van der Waals surface area contributed by atoms with Crippen molar-refractivity contribution in [1.82, 2.24) is 4.98 Å². The number of pyridine rings is 1. The standard InChI is InChI=1S/C7H7ClN2O2.C3H6/c1-12-7(11)4-3-10-6(8)2-5(4)9;1-2-3-1/h2-3H,1H3,(H2,9,10);1-3H2. The summed E-state index contributed by atoms with van der Waals surface area (Å²) in [5.74, 6) is -0.517. The van der Waals surface area contributed by atoms with E-state index in [4.69, 9.17) is 17.3 Å². The Kier molecular flexibility index (Phi) is 4.37. The molecule has 1 aliphatic carbocycles. The van der Waals surface area contributed by atoms with Gasteiger partial charge in [0.15, 0.2) is 0 Å². The molecule has 2 rings (SSSR count). The monoisotopic (exact) mass is 228 g/mol. The zero-order chi connectivity index (χ0) is 11.3. The minimum Gasteiger partial charge on any atom is -0.465 e.